The monoisotopic (exact) mass is 304 g/mol. The van der Waals surface area contributed by atoms with E-state index in [2.05, 4.69) is 37.1 Å². The molecule has 1 N–H and O–H groups in total. The van der Waals surface area contributed by atoms with Crippen LogP contribution in [0.1, 0.15) is 42.0 Å². The normalized spacial score (nSPS) is 16.0. The number of benzene rings is 1. The molecule has 124 valence electrons. The zero-order chi connectivity index (χ0) is 15.9. The molecular weight excluding hydrogens is 272 g/mol. The van der Waals surface area contributed by atoms with Crippen molar-refractivity contribution in [2.75, 3.05) is 39.3 Å². The summed E-state index contributed by atoms with van der Waals surface area (Å²) in [6, 6.07) is 2.22. The Balaban J connectivity index is 1.88. The van der Waals surface area contributed by atoms with E-state index in [1.165, 1.54) is 61.2 Å². The van der Waals surface area contributed by atoms with Gasteiger partial charge in [0.25, 0.3) is 0 Å². The summed E-state index contributed by atoms with van der Waals surface area (Å²) >= 11 is 0. The molecule has 0 aromatic heterocycles. The summed E-state index contributed by atoms with van der Waals surface area (Å²) in [6.45, 7) is 15.4. The highest BCUT2D eigenvalue weighted by atomic mass is 16.5. The van der Waals surface area contributed by atoms with Crippen LogP contribution in [-0.2, 0) is 6.42 Å². The minimum Gasteiger partial charge on any atom is -0.494 e. The van der Waals surface area contributed by atoms with Crippen LogP contribution in [0, 0.1) is 20.8 Å². The molecule has 3 heteroatoms. The summed E-state index contributed by atoms with van der Waals surface area (Å²) in [7, 11) is 0. The van der Waals surface area contributed by atoms with Gasteiger partial charge in [0.2, 0.25) is 0 Å². The summed E-state index contributed by atoms with van der Waals surface area (Å²) in [6.07, 6.45) is 3.77. The average Bonchev–Trinajstić information content (AvgIpc) is 2.53. The fraction of sp³-hybridized carbons (Fsp3) is 0.684. The predicted octanol–water partition coefficient (Wildman–Crippen LogP) is 3.24. The van der Waals surface area contributed by atoms with Crippen LogP contribution < -0.4 is 10.1 Å². The van der Waals surface area contributed by atoms with Crippen LogP contribution in [0.15, 0.2) is 6.07 Å². The Morgan fingerprint density at radius 3 is 2.50 bits per heavy atom. The third-order valence-electron chi connectivity index (χ3n) is 4.87. The third kappa shape index (κ3) is 4.47. The van der Waals surface area contributed by atoms with Gasteiger partial charge in [-0.25, -0.2) is 0 Å². The van der Waals surface area contributed by atoms with Crippen molar-refractivity contribution < 1.29 is 4.74 Å². The Morgan fingerprint density at radius 2 is 1.82 bits per heavy atom. The second-order valence-electron chi connectivity index (χ2n) is 6.40. The predicted molar refractivity (Wildman–Crippen MR) is 94.1 cm³/mol. The second kappa shape index (κ2) is 8.54. The molecule has 3 nitrogen and oxygen atoms in total. The second-order valence-corrected chi connectivity index (χ2v) is 6.40. The SMILES string of the molecule is CCOc1cc(C)c(CCCCN2CCNCC2)c(C)c1C. The maximum Gasteiger partial charge on any atom is 0.122 e. The van der Waals surface area contributed by atoms with Crippen molar-refractivity contribution in [1.82, 2.24) is 10.2 Å². The first-order chi connectivity index (χ1) is 10.6. The molecule has 1 aromatic carbocycles. The number of piperazine rings is 1. The number of ether oxygens (including phenoxy) is 1. The lowest BCUT2D eigenvalue weighted by atomic mass is 9.93. The Bertz CT molecular complexity index is 479. The number of hydrogen-bond donors (Lipinski definition) is 1. The molecule has 0 bridgehead atoms. The molecular formula is C19H32N2O. The van der Waals surface area contributed by atoms with Crippen LogP contribution in [0.4, 0.5) is 0 Å². The number of nitrogens with zero attached hydrogens (tertiary/aromatic N) is 1. The number of unbranched alkanes of at least 4 members (excludes halogenated alkanes) is 1. The fourth-order valence-corrected chi connectivity index (χ4v) is 3.36. The molecule has 1 aliphatic heterocycles. The van der Waals surface area contributed by atoms with Gasteiger partial charge < -0.3 is 15.0 Å². The largest absolute Gasteiger partial charge is 0.494 e. The number of aryl methyl sites for hydroxylation is 1. The Kier molecular flexibility index (Phi) is 6.71. The van der Waals surface area contributed by atoms with Crippen molar-refractivity contribution in [3.63, 3.8) is 0 Å². The molecule has 1 heterocycles. The maximum absolute atomic E-state index is 5.75. The molecule has 1 saturated heterocycles. The highest BCUT2D eigenvalue weighted by Crippen LogP contribution is 2.28. The minimum atomic E-state index is 0.740. The zero-order valence-electron chi connectivity index (χ0n) is 14.8. The van der Waals surface area contributed by atoms with Crippen LogP contribution in [0.2, 0.25) is 0 Å². The van der Waals surface area contributed by atoms with Crippen LogP contribution >= 0.6 is 0 Å². The van der Waals surface area contributed by atoms with Crippen molar-refractivity contribution in [1.29, 1.82) is 0 Å². The summed E-state index contributed by atoms with van der Waals surface area (Å²) < 4.78 is 5.75. The number of nitrogens with one attached hydrogen (secondary N) is 1. The molecule has 0 atom stereocenters. The van der Waals surface area contributed by atoms with E-state index in [1.54, 1.807) is 0 Å². The van der Waals surface area contributed by atoms with Crippen molar-refractivity contribution in [2.45, 2.75) is 47.0 Å². The average molecular weight is 304 g/mol. The molecule has 0 unspecified atom stereocenters. The van der Waals surface area contributed by atoms with Gasteiger partial charge in [-0.2, -0.15) is 0 Å². The standard InChI is InChI=1S/C19H32N2O/c1-5-22-19-14-15(2)18(16(3)17(19)4)8-6-7-11-21-12-9-20-10-13-21/h14,20H,5-13H2,1-4H3. The van der Waals surface area contributed by atoms with Gasteiger partial charge in [0.1, 0.15) is 5.75 Å². The van der Waals surface area contributed by atoms with E-state index in [-0.39, 0.29) is 0 Å². The number of rotatable bonds is 7. The Hall–Kier alpha value is -1.06. The van der Waals surface area contributed by atoms with Gasteiger partial charge in [0.15, 0.2) is 0 Å². The van der Waals surface area contributed by atoms with Gasteiger partial charge in [0.05, 0.1) is 6.61 Å². The van der Waals surface area contributed by atoms with E-state index in [0.717, 1.165) is 25.4 Å². The van der Waals surface area contributed by atoms with Crippen LogP contribution in [0.3, 0.4) is 0 Å². The quantitative estimate of drug-likeness (QED) is 0.783. The fourth-order valence-electron chi connectivity index (χ4n) is 3.36. The topological polar surface area (TPSA) is 24.5 Å². The van der Waals surface area contributed by atoms with Gasteiger partial charge in [0, 0.05) is 26.2 Å². The van der Waals surface area contributed by atoms with Gasteiger partial charge in [-0.15, -0.1) is 0 Å². The Morgan fingerprint density at radius 1 is 1.09 bits per heavy atom. The summed E-state index contributed by atoms with van der Waals surface area (Å²) in [5.41, 5.74) is 5.64. The minimum absolute atomic E-state index is 0.740. The highest BCUT2D eigenvalue weighted by Gasteiger charge is 2.12. The van der Waals surface area contributed by atoms with Crippen LogP contribution in [-0.4, -0.2) is 44.2 Å². The molecule has 1 fully saturated rings. The molecule has 1 aliphatic rings. The maximum atomic E-state index is 5.75. The van der Waals surface area contributed by atoms with E-state index >= 15 is 0 Å². The summed E-state index contributed by atoms with van der Waals surface area (Å²) in [5, 5.41) is 3.41. The molecule has 22 heavy (non-hydrogen) atoms. The first-order valence-corrected chi connectivity index (χ1v) is 8.79. The van der Waals surface area contributed by atoms with E-state index in [9.17, 15) is 0 Å². The molecule has 1 aromatic rings. The summed E-state index contributed by atoms with van der Waals surface area (Å²) in [5.74, 6) is 1.06. The number of hydrogen-bond acceptors (Lipinski definition) is 3. The highest BCUT2D eigenvalue weighted by molar-refractivity contribution is 5.48. The van der Waals surface area contributed by atoms with Gasteiger partial charge in [-0.1, -0.05) is 0 Å². The first kappa shape index (κ1) is 17.3. The smallest absolute Gasteiger partial charge is 0.122 e. The van der Waals surface area contributed by atoms with Gasteiger partial charge in [-0.05, 0) is 81.8 Å². The lowest BCUT2D eigenvalue weighted by Gasteiger charge is -2.27. The van der Waals surface area contributed by atoms with Crippen molar-refractivity contribution in [3.05, 3.63) is 28.3 Å². The lowest BCUT2D eigenvalue weighted by molar-refractivity contribution is 0.237. The van der Waals surface area contributed by atoms with Crippen molar-refractivity contribution >= 4 is 0 Å². The van der Waals surface area contributed by atoms with E-state index in [4.69, 9.17) is 4.74 Å². The lowest BCUT2D eigenvalue weighted by Crippen LogP contribution is -2.43. The van der Waals surface area contributed by atoms with E-state index < -0.39 is 0 Å². The Labute approximate surface area is 136 Å². The molecule has 0 radical (unpaired) electrons. The van der Waals surface area contributed by atoms with Crippen molar-refractivity contribution in [3.8, 4) is 5.75 Å². The van der Waals surface area contributed by atoms with Crippen LogP contribution in [0.5, 0.6) is 5.75 Å². The molecule has 0 saturated carbocycles. The van der Waals surface area contributed by atoms with Gasteiger partial charge in [-0.3, -0.25) is 0 Å². The van der Waals surface area contributed by atoms with Gasteiger partial charge >= 0.3 is 0 Å². The first-order valence-electron chi connectivity index (χ1n) is 8.79. The van der Waals surface area contributed by atoms with Crippen molar-refractivity contribution in [2.24, 2.45) is 0 Å². The zero-order valence-corrected chi connectivity index (χ0v) is 14.8. The molecule has 0 spiro atoms. The van der Waals surface area contributed by atoms with E-state index in [0.29, 0.717) is 0 Å². The molecule has 0 aliphatic carbocycles. The summed E-state index contributed by atoms with van der Waals surface area (Å²) in [4.78, 5) is 2.58. The van der Waals surface area contributed by atoms with Crippen LogP contribution in [0.25, 0.3) is 0 Å². The molecule has 2 rings (SSSR count). The third-order valence-corrected chi connectivity index (χ3v) is 4.87. The van der Waals surface area contributed by atoms with E-state index in [1.807, 2.05) is 6.92 Å². The molecule has 0 amide bonds.